The van der Waals surface area contributed by atoms with E-state index in [9.17, 15) is 9.90 Å². The standard InChI is InChI=1S/C33H33N3O5S.C27H28O5.C6H4BrN3S/c1-32(40-19-25-15-9-4-10-16-25)29(39-18-24-13-7-3-8-14-24)27(20-38-17-23-11-5-2-6-12-23)41-33(32,37)30-28-26(21-42-30)31(34)36-22-35-28;1-27(31-19-23-15-9-4-10-16-23)25(30-18-22-13-7-3-8-14-22)24(32-26(27)28)20-29-17-21-11-5-2-6-12-21;7-5-4-3(1-11-5)6(8)10-2-9-4/h2-16,21-22,27,29,37H,17-20H2,1H3,(H2,34,35,36);2-16,24-25H,17-20H2,1H3;1-2H,(H2,8,9,10)/t27-,29-,32-,33?;24-,25-,27-;/m11./s1. The average molecular weight is 1250 g/mol. The van der Waals surface area contributed by atoms with Gasteiger partial charge in [0.05, 0.1) is 77.8 Å². The quantitative estimate of drug-likeness (QED) is 0.0570. The number of anilines is 2. The smallest absolute Gasteiger partial charge is 0.341 e. The molecule has 0 amide bonds. The van der Waals surface area contributed by atoms with Crippen LogP contribution in [0.1, 0.15) is 52.1 Å². The number of aromatic nitrogens is 4. The zero-order valence-electron chi connectivity index (χ0n) is 46.9. The Morgan fingerprint density at radius 2 is 0.918 bits per heavy atom. The summed E-state index contributed by atoms with van der Waals surface area (Å²) in [6, 6.07) is 59.1. The number of hydrogen-bond acceptors (Lipinski definition) is 18. The van der Waals surface area contributed by atoms with Crippen LogP contribution in [-0.4, -0.2) is 79.8 Å². The van der Waals surface area contributed by atoms with Crippen molar-refractivity contribution in [1.82, 2.24) is 19.9 Å². The lowest BCUT2D eigenvalue weighted by Crippen LogP contribution is -2.55. The number of esters is 1. The van der Waals surface area contributed by atoms with Crippen molar-refractivity contribution in [2.75, 3.05) is 24.7 Å². The molecule has 2 saturated heterocycles. The van der Waals surface area contributed by atoms with Gasteiger partial charge in [0.15, 0.2) is 17.3 Å². The van der Waals surface area contributed by atoms with Gasteiger partial charge in [0.25, 0.3) is 0 Å². The third-order valence-electron chi connectivity index (χ3n) is 14.6. The number of carbonyl (C=O) groups is 1. The Kier molecular flexibility index (Phi) is 20.5. The normalized spacial score (nSPS) is 21.7. The number of cyclic esters (lactones) is 1. The highest BCUT2D eigenvalue weighted by molar-refractivity contribution is 9.11. The second-order valence-corrected chi connectivity index (χ2v) is 23.6. The second kappa shape index (κ2) is 28.7. The summed E-state index contributed by atoms with van der Waals surface area (Å²) in [4.78, 5) is 29.9. The summed E-state index contributed by atoms with van der Waals surface area (Å²) >= 11 is 6.24. The van der Waals surface area contributed by atoms with E-state index in [1.165, 1.54) is 24.0 Å². The first-order chi connectivity index (χ1) is 41.4. The molecule has 2 aliphatic heterocycles. The number of hydrogen-bond donors (Lipinski definition) is 3. The maximum atomic E-state index is 12.9. The van der Waals surface area contributed by atoms with E-state index in [1.807, 2.05) is 200 Å². The van der Waals surface area contributed by atoms with Crippen molar-refractivity contribution < 1.29 is 47.8 Å². The number of ether oxygens (including phenoxy) is 8. The topological polar surface area (TPSA) is 215 Å². The van der Waals surface area contributed by atoms with Gasteiger partial charge in [0.1, 0.15) is 48.1 Å². The molecule has 438 valence electrons. The molecule has 6 aromatic carbocycles. The number of thiophene rings is 2. The molecule has 16 nitrogen and oxygen atoms in total. The number of aliphatic hydroxyl groups is 1. The van der Waals surface area contributed by atoms with Crippen LogP contribution in [-0.2, 0) is 88.1 Å². The van der Waals surface area contributed by atoms with Crippen LogP contribution in [0.5, 0.6) is 0 Å². The second-order valence-electron chi connectivity index (χ2n) is 20.6. The van der Waals surface area contributed by atoms with Crippen molar-refractivity contribution in [3.8, 4) is 0 Å². The lowest BCUT2D eigenvalue weighted by atomic mass is 9.87. The monoisotopic (exact) mass is 1240 g/mol. The molecule has 0 aliphatic carbocycles. The van der Waals surface area contributed by atoms with Gasteiger partial charge in [-0.3, -0.25) is 0 Å². The van der Waals surface area contributed by atoms with Crippen LogP contribution in [0.4, 0.5) is 11.6 Å². The van der Waals surface area contributed by atoms with Gasteiger partial charge < -0.3 is 54.5 Å². The molecule has 0 radical (unpaired) electrons. The zero-order valence-corrected chi connectivity index (χ0v) is 50.1. The van der Waals surface area contributed by atoms with E-state index in [0.29, 0.717) is 53.8 Å². The first-order valence-corrected chi connectivity index (χ1v) is 30.1. The molecule has 1 unspecified atom stereocenters. The molecule has 0 spiro atoms. The fourth-order valence-electron chi connectivity index (χ4n) is 9.95. The number of rotatable bonds is 21. The third-order valence-corrected chi connectivity index (χ3v) is 17.4. The SMILES string of the molecule is C[C@@]1(OCc2ccccc2)[C@H](OCc2ccccc2)[C@@H](COCc2ccccc2)OC1(O)c1scc2c(N)ncnc12.C[C@]1(OCc2ccccc2)C(=O)O[C@H](COCc2ccccc2)[C@H]1OCc1ccccc1.Nc1ncnc2c(Br)scc12. The van der Waals surface area contributed by atoms with Crippen LogP contribution in [0.15, 0.2) is 209 Å². The van der Waals surface area contributed by atoms with E-state index in [-0.39, 0.29) is 26.4 Å². The zero-order chi connectivity index (χ0) is 59.1. The minimum absolute atomic E-state index is 0.168. The number of carbonyl (C=O) groups excluding carboxylic acids is 1. The van der Waals surface area contributed by atoms with Gasteiger partial charge >= 0.3 is 5.97 Å². The first-order valence-electron chi connectivity index (χ1n) is 27.5. The number of halogens is 1. The van der Waals surface area contributed by atoms with Crippen molar-refractivity contribution in [3.05, 3.63) is 247 Å². The summed E-state index contributed by atoms with van der Waals surface area (Å²) in [5.41, 5.74) is 16.6. The average Bonchev–Trinajstić information content (AvgIpc) is 1.78. The van der Waals surface area contributed by atoms with Crippen LogP contribution in [0.25, 0.3) is 21.8 Å². The molecule has 4 aromatic heterocycles. The van der Waals surface area contributed by atoms with Crippen LogP contribution in [0, 0.1) is 0 Å². The minimum Gasteiger partial charge on any atom is -0.455 e. The molecule has 2 fully saturated rings. The van der Waals surface area contributed by atoms with Crippen molar-refractivity contribution in [1.29, 1.82) is 0 Å². The maximum Gasteiger partial charge on any atom is 0.341 e. The van der Waals surface area contributed by atoms with E-state index in [4.69, 9.17) is 49.4 Å². The Hall–Kier alpha value is -7.37. The van der Waals surface area contributed by atoms with Gasteiger partial charge in [-0.2, -0.15) is 0 Å². The predicted octanol–water partition coefficient (Wildman–Crippen LogP) is 12.3. The number of benzene rings is 6. The first kappa shape index (κ1) is 60.7. The van der Waals surface area contributed by atoms with Crippen LogP contribution >= 0.6 is 38.6 Å². The molecule has 7 atom stereocenters. The lowest BCUT2D eigenvalue weighted by Gasteiger charge is -2.39. The largest absolute Gasteiger partial charge is 0.455 e. The maximum absolute atomic E-state index is 12.9. The van der Waals surface area contributed by atoms with Crippen molar-refractivity contribution in [2.24, 2.45) is 0 Å². The number of nitrogens with zero attached hydrogens (tertiary/aromatic N) is 4. The molecule has 2 aliphatic rings. The van der Waals surface area contributed by atoms with Crippen LogP contribution in [0.3, 0.4) is 0 Å². The summed E-state index contributed by atoms with van der Waals surface area (Å²) in [5.74, 6) is -1.50. The van der Waals surface area contributed by atoms with Gasteiger partial charge in [-0.1, -0.05) is 182 Å². The molecule has 19 heteroatoms. The minimum atomic E-state index is -1.93. The number of nitrogen functional groups attached to an aromatic ring is 2. The summed E-state index contributed by atoms with van der Waals surface area (Å²) in [7, 11) is 0. The molecular weight excluding hydrogens is 1180 g/mol. The Balaban J connectivity index is 0.000000164. The summed E-state index contributed by atoms with van der Waals surface area (Å²) < 4.78 is 50.9. The Bertz CT molecular complexity index is 3700. The summed E-state index contributed by atoms with van der Waals surface area (Å²) in [6.45, 7) is 5.95. The van der Waals surface area contributed by atoms with Crippen molar-refractivity contribution >= 4 is 78.0 Å². The van der Waals surface area contributed by atoms with Gasteiger partial charge in [0, 0.05) is 10.8 Å². The van der Waals surface area contributed by atoms with Gasteiger partial charge in [0.2, 0.25) is 5.79 Å². The van der Waals surface area contributed by atoms with E-state index in [0.717, 1.165) is 48.1 Å². The third kappa shape index (κ3) is 14.7. The van der Waals surface area contributed by atoms with E-state index in [2.05, 4.69) is 35.9 Å². The lowest BCUT2D eigenvalue weighted by molar-refractivity contribution is -0.289. The molecule has 0 saturated carbocycles. The molecule has 10 aromatic rings. The van der Waals surface area contributed by atoms with E-state index in [1.54, 1.807) is 18.3 Å². The van der Waals surface area contributed by atoms with E-state index >= 15 is 0 Å². The highest BCUT2D eigenvalue weighted by atomic mass is 79.9. The number of nitrogens with two attached hydrogens (primary N) is 2. The molecule has 0 bridgehead atoms. The van der Waals surface area contributed by atoms with E-state index < -0.39 is 47.4 Å². The Morgan fingerprint density at radius 3 is 1.40 bits per heavy atom. The fourth-order valence-corrected chi connectivity index (χ4v) is 12.4. The van der Waals surface area contributed by atoms with Crippen LogP contribution < -0.4 is 11.5 Å². The van der Waals surface area contributed by atoms with Gasteiger partial charge in [-0.15, -0.1) is 22.7 Å². The fraction of sp³-hybridized carbons (Fsp3) is 0.258. The highest BCUT2D eigenvalue weighted by Crippen LogP contribution is 2.53. The predicted molar refractivity (Wildman–Crippen MR) is 332 cm³/mol. The molecule has 12 rings (SSSR count). The van der Waals surface area contributed by atoms with Crippen molar-refractivity contribution in [3.63, 3.8) is 0 Å². The highest BCUT2D eigenvalue weighted by Gasteiger charge is 2.67. The Labute approximate surface area is 509 Å². The molecular formula is C66H65BrN6O10S2. The molecule has 6 heterocycles. The van der Waals surface area contributed by atoms with Gasteiger partial charge in [-0.25, -0.2) is 24.7 Å². The van der Waals surface area contributed by atoms with Crippen LogP contribution in [0.2, 0.25) is 0 Å². The summed E-state index contributed by atoms with van der Waals surface area (Å²) in [6.07, 6.45) is 0.316. The molecule has 85 heavy (non-hydrogen) atoms. The summed E-state index contributed by atoms with van der Waals surface area (Å²) in [5, 5.41) is 18.0. The molecule has 5 N–H and O–H groups in total. The van der Waals surface area contributed by atoms with Gasteiger partial charge in [-0.05, 0) is 63.2 Å². The van der Waals surface area contributed by atoms with Crippen molar-refractivity contribution in [2.45, 2.75) is 94.9 Å². The number of fused-ring (bicyclic) bond motifs is 2. The Morgan fingerprint density at radius 1 is 0.518 bits per heavy atom.